The van der Waals surface area contributed by atoms with Gasteiger partial charge in [-0.25, -0.2) is 19.5 Å². The number of nitrogens with zero attached hydrogens (tertiary/aromatic N) is 1. The van der Waals surface area contributed by atoms with Crippen LogP contribution in [0.15, 0.2) is 48.7 Å². The lowest BCUT2D eigenvalue weighted by molar-refractivity contribution is -0.361. The zero-order valence-electron chi connectivity index (χ0n) is 16.5. The fourth-order valence-electron chi connectivity index (χ4n) is 4.71. The van der Waals surface area contributed by atoms with Crippen LogP contribution in [0.3, 0.4) is 0 Å². The third-order valence-electron chi connectivity index (χ3n) is 6.27. The molecular weight excluding hydrogens is 381 g/mol. The number of aryl methyl sites for hydroxylation is 1. The summed E-state index contributed by atoms with van der Waals surface area (Å²) in [5, 5.41) is 2.82. The maximum absolute atomic E-state index is 14.1. The Balaban J connectivity index is 1.24. The molecule has 3 aliphatic rings. The Hall–Kier alpha value is -3.28. The van der Waals surface area contributed by atoms with Gasteiger partial charge in [-0.1, -0.05) is 24.3 Å². The summed E-state index contributed by atoms with van der Waals surface area (Å²) in [6.45, 7) is 1.37. The molecule has 2 amide bonds. The first-order valence-corrected chi connectivity index (χ1v) is 10.3. The Morgan fingerprint density at radius 2 is 2.10 bits per heavy atom. The number of hydrogen-bond acceptors (Lipinski definition) is 2. The molecule has 0 bridgehead atoms. The largest absolute Gasteiger partial charge is 0.338 e. The second-order valence-electron chi connectivity index (χ2n) is 8.26. The second-order valence-corrected chi connectivity index (χ2v) is 8.26. The molecule has 2 unspecified atom stereocenters. The molecule has 0 radical (unpaired) electrons. The van der Waals surface area contributed by atoms with Crippen molar-refractivity contribution in [1.29, 1.82) is 0 Å². The van der Waals surface area contributed by atoms with Crippen molar-refractivity contribution < 1.29 is 19.0 Å². The van der Waals surface area contributed by atoms with Gasteiger partial charge >= 0.3 is 5.91 Å². The number of fused-ring (bicyclic) bond motifs is 2. The number of pyridine rings is 1. The van der Waals surface area contributed by atoms with Gasteiger partial charge in [-0.05, 0) is 48.5 Å². The number of likely N-dealkylation sites (tertiary alicyclic amines) is 1. The van der Waals surface area contributed by atoms with Crippen LogP contribution in [0.5, 0.6) is 0 Å². The quantitative estimate of drug-likeness (QED) is 0.799. The van der Waals surface area contributed by atoms with E-state index in [-0.39, 0.29) is 23.5 Å². The van der Waals surface area contributed by atoms with Crippen LogP contribution in [0.4, 0.5) is 10.2 Å². The minimum absolute atomic E-state index is 0.00346. The highest BCUT2D eigenvalue weighted by Gasteiger charge is 2.38. The van der Waals surface area contributed by atoms with Gasteiger partial charge in [0.1, 0.15) is 5.82 Å². The molecular formula is C24H23FN3O2+. The lowest BCUT2D eigenvalue weighted by Crippen LogP contribution is -2.27. The van der Waals surface area contributed by atoms with Crippen molar-refractivity contribution in [2.24, 2.45) is 11.8 Å². The minimum Gasteiger partial charge on any atom is -0.338 e. The van der Waals surface area contributed by atoms with Crippen LogP contribution in [0.25, 0.3) is 11.6 Å². The predicted molar refractivity (Wildman–Crippen MR) is 112 cm³/mol. The smallest absolute Gasteiger partial charge is 0.307 e. The van der Waals surface area contributed by atoms with Crippen molar-refractivity contribution in [3.8, 4) is 0 Å². The van der Waals surface area contributed by atoms with Gasteiger partial charge in [-0.2, -0.15) is 0 Å². The molecule has 1 aliphatic carbocycles. The summed E-state index contributed by atoms with van der Waals surface area (Å²) in [7, 11) is 0. The van der Waals surface area contributed by atoms with E-state index in [0.29, 0.717) is 37.4 Å². The monoisotopic (exact) mass is 404 g/mol. The van der Waals surface area contributed by atoms with Gasteiger partial charge < -0.3 is 4.90 Å². The van der Waals surface area contributed by atoms with E-state index < -0.39 is 0 Å². The van der Waals surface area contributed by atoms with E-state index in [0.717, 1.165) is 28.9 Å². The van der Waals surface area contributed by atoms with Gasteiger partial charge in [0.2, 0.25) is 5.91 Å². The molecule has 6 heteroatoms. The van der Waals surface area contributed by atoms with E-state index in [1.54, 1.807) is 18.3 Å². The van der Waals surface area contributed by atoms with Gasteiger partial charge in [0.05, 0.1) is 12.6 Å². The lowest BCUT2D eigenvalue weighted by Gasteiger charge is -2.15. The predicted octanol–water partition coefficient (Wildman–Crippen LogP) is 3.10. The number of H-pyrrole nitrogens is 1. The van der Waals surface area contributed by atoms with Gasteiger partial charge in [0, 0.05) is 35.9 Å². The van der Waals surface area contributed by atoms with Crippen molar-refractivity contribution in [2.45, 2.75) is 19.3 Å². The zero-order valence-corrected chi connectivity index (χ0v) is 16.5. The van der Waals surface area contributed by atoms with Crippen molar-refractivity contribution in [1.82, 2.24) is 4.90 Å². The molecule has 5 nitrogen and oxygen atoms in total. The van der Waals surface area contributed by atoms with Crippen LogP contribution < -0.4 is 10.3 Å². The molecule has 2 N–H and O–H groups in total. The highest BCUT2D eigenvalue weighted by molar-refractivity contribution is 5.93. The van der Waals surface area contributed by atoms with Gasteiger partial charge in [-0.15, -0.1) is 0 Å². The Morgan fingerprint density at radius 3 is 2.93 bits per heavy atom. The average molecular weight is 404 g/mol. The van der Waals surface area contributed by atoms with E-state index in [4.69, 9.17) is 0 Å². The highest BCUT2D eigenvalue weighted by atomic mass is 19.1. The molecule has 1 saturated heterocycles. The molecule has 1 aromatic carbocycles. The van der Waals surface area contributed by atoms with Crippen molar-refractivity contribution in [3.05, 3.63) is 71.2 Å². The van der Waals surface area contributed by atoms with Crippen LogP contribution in [0.1, 0.15) is 29.5 Å². The highest BCUT2D eigenvalue weighted by Crippen LogP contribution is 2.41. The number of carbonyl (C=O) groups is 2. The number of nitrogens with one attached hydrogen (secondary N) is 2. The number of hydrogen-bond donors (Lipinski definition) is 1. The van der Waals surface area contributed by atoms with Crippen LogP contribution in [-0.2, 0) is 16.0 Å². The molecule has 0 saturated carbocycles. The standard InChI is InChI=1S/C24H22FN3O2/c25-21-4-2-1-3-20(21)17-10-18-13-28(14-19(18)11-17)23(30)8-5-15-9-16-6-7-22(29)27-24(16)26-12-15/h1-5,8-10,12,18-19H,6-7,11,13-14H2,(H,26,27,29)/p+1/b8-5+. The Kier molecular flexibility index (Phi) is 4.69. The van der Waals surface area contributed by atoms with E-state index in [9.17, 15) is 14.0 Å². The number of allylic oxidation sites excluding steroid dienone is 1. The van der Waals surface area contributed by atoms with Crippen LogP contribution in [0.2, 0.25) is 0 Å². The first-order valence-electron chi connectivity index (χ1n) is 10.3. The summed E-state index contributed by atoms with van der Waals surface area (Å²) in [6.07, 6.45) is 9.34. The van der Waals surface area contributed by atoms with Crippen LogP contribution in [0, 0.1) is 17.7 Å². The molecule has 5 rings (SSSR count). The SMILES string of the molecule is O=C1CCc2cc(/C=C/C(=O)N3CC4C=C(c5ccccc5F)CC4C3)c[nH+]c2N1. The zero-order chi connectivity index (χ0) is 20.7. The summed E-state index contributed by atoms with van der Waals surface area (Å²) in [5.74, 6) is 1.22. The van der Waals surface area contributed by atoms with E-state index >= 15 is 0 Å². The summed E-state index contributed by atoms with van der Waals surface area (Å²) in [6, 6.07) is 8.89. The number of carbonyl (C=O) groups excluding carboxylic acids is 2. The number of aromatic nitrogens is 1. The first-order chi connectivity index (χ1) is 14.6. The molecule has 2 aliphatic heterocycles. The maximum Gasteiger partial charge on any atom is 0.307 e. The molecule has 3 heterocycles. The third-order valence-corrected chi connectivity index (χ3v) is 6.27. The summed E-state index contributed by atoms with van der Waals surface area (Å²) in [4.78, 5) is 29.1. The minimum atomic E-state index is -0.180. The Bertz CT molecular complexity index is 1090. The average Bonchev–Trinajstić information content (AvgIpc) is 3.31. The first kappa shape index (κ1) is 18.7. The van der Waals surface area contributed by atoms with Gasteiger partial charge in [-0.3, -0.25) is 4.79 Å². The number of benzene rings is 1. The van der Waals surface area contributed by atoms with Crippen LogP contribution in [-0.4, -0.2) is 29.8 Å². The van der Waals surface area contributed by atoms with E-state index in [2.05, 4.69) is 16.4 Å². The molecule has 1 aromatic heterocycles. The number of amides is 2. The van der Waals surface area contributed by atoms with Crippen LogP contribution >= 0.6 is 0 Å². The molecule has 0 spiro atoms. The normalized spacial score (nSPS) is 22.6. The van der Waals surface area contributed by atoms with Crippen molar-refractivity contribution >= 4 is 29.3 Å². The summed E-state index contributed by atoms with van der Waals surface area (Å²) in [5.41, 5.74) is 3.69. The van der Waals surface area contributed by atoms with E-state index in [1.807, 2.05) is 29.2 Å². The fraction of sp³-hybridized carbons (Fsp3) is 0.292. The van der Waals surface area contributed by atoms with Gasteiger partial charge in [0.25, 0.3) is 5.82 Å². The Morgan fingerprint density at radius 1 is 1.23 bits per heavy atom. The third kappa shape index (κ3) is 3.54. The summed E-state index contributed by atoms with van der Waals surface area (Å²) >= 11 is 0. The lowest BCUT2D eigenvalue weighted by atomic mass is 9.98. The number of anilines is 1. The Labute approximate surface area is 174 Å². The number of halogens is 1. The van der Waals surface area contributed by atoms with Gasteiger partial charge in [0.15, 0.2) is 0 Å². The molecule has 2 aromatic rings. The number of rotatable bonds is 3. The molecule has 152 valence electrons. The molecule has 30 heavy (non-hydrogen) atoms. The van der Waals surface area contributed by atoms with Crippen molar-refractivity contribution in [2.75, 3.05) is 18.4 Å². The summed E-state index contributed by atoms with van der Waals surface area (Å²) < 4.78 is 14.1. The van der Waals surface area contributed by atoms with E-state index in [1.165, 1.54) is 6.07 Å². The molecule has 2 atom stereocenters. The molecule has 1 fully saturated rings. The topological polar surface area (TPSA) is 63.6 Å². The van der Waals surface area contributed by atoms with Crippen molar-refractivity contribution in [3.63, 3.8) is 0 Å². The maximum atomic E-state index is 14.1. The fourth-order valence-corrected chi connectivity index (χ4v) is 4.71. The second kappa shape index (κ2) is 7.52. The number of aromatic amines is 1.